The summed E-state index contributed by atoms with van der Waals surface area (Å²) in [5.74, 6) is -0.135. The van der Waals surface area contributed by atoms with Crippen LogP contribution < -0.4 is 0 Å². The molecule has 39 heavy (non-hydrogen) atoms. The van der Waals surface area contributed by atoms with Gasteiger partial charge in [0.15, 0.2) is 0 Å². The van der Waals surface area contributed by atoms with Gasteiger partial charge in [-0.25, -0.2) is 24.5 Å². The Morgan fingerprint density at radius 2 is 1.85 bits per heavy atom. The van der Waals surface area contributed by atoms with E-state index < -0.39 is 24.6 Å². The fraction of sp³-hybridized carbons (Fsp3) is 0.346. The van der Waals surface area contributed by atoms with Crippen LogP contribution in [0.25, 0.3) is 6.08 Å². The number of halogens is 2. The minimum absolute atomic E-state index is 0. The van der Waals surface area contributed by atoms with Gasteiger partial charge in [-0.1, -0.05) is 25.5 Å². The first-order chi connectivity index (χ1) is 17.9. The number of unbranched alkanes of at least 4 members (excludes halogenated alkanes) is 1. The maximum absolute atomic E-state index is 13.1. The third-order valence-electron chi connectivity index (χ3n) is 6.07. The van der Waals surface area contributed by atoms with E-state index in [0.29, 0.717) is 23.5 Å². The van der Waals surface area contributed by atoms with Gasteiger partial charge in [-0.15, -0.1) is 36.2 Å². The van der Waals surface area contributed by atoms with Gasteiger partial charge in [-0.2, -0.15) is 0 Å². The Morgan fingerprint density at radius 3 is 2.44 bits per heavy atom. The van der Waals surface area contributed by atoms with Crippen molar-refractivity contribution in [1.29, 1.82) is 0 Å². The molecule has 0 bridgehead atoms. The van der Waals surface area contributed by atoms with Crippen LogP contribution in [0.15, 0.2) is 41.5 Å². The minimum atomic E-state index is -0.713. The highest BCUT2D eigenvalue weighted by Gasteiger charge is 2.41. The number of hydrogen-bond acceptors (Lipinski definition) is 8. The number of esters is 1. The number of benzene rings is 1. The van der Waals surface area contributed by atoms with Crippen LogP contribution in [-0.4, -0.2) is 61.2 Å². The quantitative estimate of drug-likeness (QED) is 0.209. The second-order valence-electron chi connectivity index (χ2n) is 8.61. The molecule has 3 aromatic rings. The zero-order valence-electron chi connectivity index (χ0n) is 21.8. The van der Waals surface area contributed by atoms with E-state index in [4.69, 9.17) is 4.74 Å². The van der Waals surface area contributed by atoms with Crippen molar-refractivity contribution in [2.45, 2.75) is 46.2 Å². The number of thiazole rings is 1. The van der Waals surface area contributed by atoms with E-state index in [2.05, 4.69) is 16.9 Å². The number of methoxy groups -OCH3 is 1. The Kier molecular flexibility index (Phi) is 11.7. The average Bonchev–Trinajstić information content (AvgIpc) is 3.55. The first kappa shape index (κ1) is 32.0. The molecule has 210 valence electrons. The summed E-state index contributed by atoms with van der Waals surface area (Å²) in [6.45, 7) is 3.83. The lowest BCUT2D eigenvalue weighted by Crippen LogP contribution is -2.33. The van der Waals surface area contributed by atoms with Crippen LogP contribution in [0.1, 0.15) is 57.9 Å². The lowest BCUT2D eigenvalue weighted by molar-refractivity contribution is -0.125. The molecule has 1 fully saturated rings. The van der Waals surface area contributed by atoms with Gasteiger partial charge in [-0.3, -0.25) is 9.69 Å². The van der Waals surface area contributed by atoms with Crippen molar-refractivity contribution in [2.75, 3.05) is 13.8 Å². The van der Waals surface area contributed by atoms with Gasteiger partial charge in [0.1, 0.15) is 18.3 Å². The van der Waals surface area contributed by atoms with E-state index in [1.54, 1.807) is 24.4 Å². The van der Waals surface area contributed by atoms with Gasteiger partial charge in [-0.05, 0) is 37.1 Å². The molecule has 1 N–H and O–H groups in total. The predicted molar refractivity (Wildman–Crippen MR) is 152 cm³/mol. The Morgan fingerprint density at radius 1 is 1.13 bits per heavy atom. The van der Waals surface area contributed by atoms with E-state index in [1.807, 2.05) is 29.0 Å². The molecule has 1 saturated heterocycles. The van der Waals surface area contributed by atoms with E-state index in [9.17, 15) is 19.5 Å². The molecule has 1 aliphatic heterocycles. The molecule has 0 atom stereocenters. The molecule has 0 unspecified atom stereocenters. The zero-order valence-corrected chi connectivity index (χ0v) is 24.3. The van der Waals surface area contributed by atoms with E-state index in [0.717, 1.165) is 40.6 Å². The fourth-order valence-electron chi connectivity index (χ4n) is 4.10. The van der Waals surface area contributed by atoms with E-state index >= 15 is 0 Å². The summed E-state index contributed by atoms with van der Waals surface area (Å²) in [6, 6.07) is 6.51. The topological polar surface area (TPSA) is 118 Å². The summed E-state index contributed by atoms with van der Waals surface area (Å²) in [4.78, 5) is 49.0. The third-order valence-corrected chi connectivity index (χ3v) is 6.89. The number of hydrogen-bond donors (Lipinski definition) is 1. The molecule has 1 aromatic carbocycles. The highest BCUT2D eigenvalue weighted by atomic mass is 35.5. The van der Waals surface area contributed by atoms with Crippen molar-refractivity contribution in [2.24, 2.45) is 0 Å². The van der Waals surface area contributed by atoms with Crippen LogP contribution in [0.3, 0.4) is 0 Å². The van der Waals surface area contributed by atoms with Crippen molar-refractivity contribution in [3.63, 3.8) is 0 Å². The van der Waals surface area contributed by atoms with Gasteiger partial charge < -0.3 is 14.4 Å². The number of carbonyl (C=O) groups is 3. The number of amides is 3. The van der Waals surface area contributed by atoms with Crippen molar-refractivity contribution in [3.05, 3.63) is 74.9 Å². The molecule has 0 spiro atoms. The summed E-state index contributed by atoms with van der Waals surface area (Å²) in [6.07, 6.45) is 6.01. The summed E-state index contributed by atoms with van der Waals surface area (Å²) in [5.41, 5.74) is 2.85. The number of aromatic nitrogens is 3. The Bertz CT molecular complexity index is 1340. The Balaban J connectivity index is 0.00000267. The molecule has 0 radical (unpaired) electrons. The van der Waals surface area contributed by atoms with Gasteiger partial charge in [0.05, 0.1) is 41.8 Å². The van der Waals surface area contributed by atoms with E-state index in [-0.39, 0.29) is 37.1 Å². The summed E-state index contributed by atoms with van der Waals surface area (Å²) in [7, 11) is 1.34. The second kappa shape index (κ2) is 14.2. The number of ether oxygens (including phenoxy) is 1. The third kappa shape index (κ3) is 7.04. The smallest absolute Gasteiger partial charge is 0.337 e. The van der Waals surface area contributed by atoms with Crippen LogP contribution >= 0.6 is 36.2 Å². The van der Waals surface area contributed by atoms with Crippen LogP contribution in [0.5, 0.6) is 0 Å². The van der Waals surface area contributed by atoms with Crippen molar-refractivity contribution in [3.8, 4) is 0 Å². The maximum Gasteiger partial charge on any atom is 0.337 e. The lowest BCUT2D eigenvalue weighted by Gasteiger charge is -2.16. The molecule has 2 aromatic heterocycles. The normalized spacial score (nSPS) is 14.0. The number of aliphatic hydroxyl groups excluding tert-OH is 1. The summed E-state index contributed by atoms with van der Waals surface area (Å²) in [5, 5.41) is 12.4. The molecule has 4 rings (SSSR count). The van der Waals surface area contributed by atoms with Crippen LogP contribution in [0, 0.1) is 6.92 Å². The number of aliphatic hydroxyl groups is 1. The van der Waals surface area contributed by atoms with Gasteiger partial charge in [0.25, 0.3) is 5.91 Å². The number of nitrogens with zero attached hydrogens (tertiary/aromatic N) is 5. The molecular weight excluding hydrogens is 565 g/mol. The largest absolute Gasteiger partial charge is 0.465 e. The summed E-state index contributed by atoms with van der Waals surface area (Å²) >= 11 is 1.46. The van der Waals surface area contributed by atoms with Crippen LogP contribution in [0.2, 0.25) is 0 Å². The first-order valence-corrected chi connectivity index (χ1v) is 12.8. The van der Waals surface area contributed by atoms with Gasteiger partial charge in [0.2, 0.25) is 0 Å². The number of imidazole rings is 1. The zero-order chi connectivity index (χ0) is 26.5. The van der Waals surface area contributed by atoms with Crippen molar-refractivity contribution < 1.29 is 24.2 Å². The van der Waals surface area contributed by atoms with Crippen molar-refractivity contribution in [1.82, 2.24) is 24.3 Å². The lowest BCUT2D eigenvalue weighted by atomic mass is 10.1. The van der Waals surface area contributed by atoms with Crippen molar-refractivity contribution >= 4 is 60.1 Å². The average molecular weight is 597 g/mol. The monoisotopic (exact) mass is 595 g/mol. The second-order valence-corrected chi connectivity index (χ2v) is 9.67. The highest BCUT2D eigenvalue weighted by Crippen LogP contribution is 2.27. The molecule has 0 saturated carbocycles. The first-order valence-electron chi connectivity index (χ1n) is 11.9. The Hall–Kier alpha value is -3.25. The van der Waals surface area contributed by atoms with Gasteiger partial charge >= 0.3 is 12.0 Å². The number of urea groups is 1. The summed E-state index contributed by atoms with van der Waals surface area (Å²) < 4.78 is 6.78. The molecule has 3 amide bonds. The number of imide groups is 1. The Labute approximate surface area is 243 Å². The maximum atomic E-state index is 13.1. The minimum Gasteiger partial charge on any atom is -0.465 e. The molecule has 10 nitrogen and oxygen atoms in total. The standard InChI is InChI=1S/C26H29N5O5S.2ClH/c1-4-5-6-23-27-12-21(29(23)13-18-7-9-19(10-8-18)25(34)36-3)11-22-24(33)31(16-32)26(35)30(22)14-20-15-37-17(2)28-20;;/h7-12,15,32H,4-6,13-14,16H2,1-3H3;2*1H. The van der Waals surface area contributed by atoms with Crippen LogP contribution in [0.4, 0.5) is 4.79 Å². The molecule has 3 heterocycles. The molecule has 0 aliphatic carbocycles. The molecule has 1 aliphatic rings. The van der Waals surface area contributed by atoms with E-state index in [1.165, 1.54) is 23.3 Å². The van der Waals surface area contributed by atoms with Gasteiger partial charge in [0, 0.05) is 18.3 Å². The molecular formula is C26H31Cl2N5O5S. The predicted octanol–water partition coefficient (Wildman–Crippen LogP) is 4.42. The highest BCUT2D eigenvalue weighted by molar-refractivity contribution is 7.09. The fourth-order valence-corrected chi connectivity index (χ4v) is 4.70. The number of carbonyl (C=O) groups excluding carboxylic acids is 3. The number of rotatable bonds is 10. The SMILES string of the molecule is CCCCc1ncc(C=C2C(=O)N(CO)C(=O)N2Cc2csc(C)n2)n1Cc1ccc(C(=O)OC)cc1.Cl.Cl. The van der Waals surface area contributed by atoms with Crippen LogP contribution in [-0.2, 0) is 29.0 Å². The number of aryl methyl sites for hydroxylation is 2. The molecule has 13 heteroatoms.